The van der Waals surface area contributed by atoms with Crippen molar-refractivity contribution in [3.05, 3.63) is 47.0 Å². The number of nitrogens with one attached hydrogen (secondary N) is 1. The molecule has 0 saturated carbocycles. The SMILES string of the molecule is Cc1nn(C)c(C)c1C(C)NC(=O)C1CC(=O)N(c2ccccc2F)C1. The van der Waals surface area contributed by atoms with Gasteiger partial charge in [-0.25, -0.2) is 4.39 Å². The lowest BCUT2D eigenvalue weighted by molar-refractivity contribution is -0.126. The first-order valence-electron chi connectivity index (χ1n) is 8.65. The average molecular weight is 358 g/mol. The molecular weight excluding hydrogens is 335 g/mol. The van der Waals surface area contributed by atoms with Crippen LogP contribution in [0.2, 0.25) is 0 Å². The van der Waals surface area contributed by atoms with E-state index in [0.717, 1.165) is 17.0 Å². The fourth-order valence-electron chi connectivity index (χ4n) is 3.61. The topological polar surface area (TPSA) is 67.2 Å². The Morgan fingerprint density at radius 2 is 2.04 bits per heavy atom. The zero-order valence-electron chi connectivity index (χ0n) is 15.4. The van der Waals surface area contributed by atoms with Crippen molar-refractivity contribution in [1.29, 1.82) is 0 Å². The molecule has 0 aliphatic carbocycles. The van der Waals surface area contributed by atoms with Gasteiger partial charge in [0.25, 0.3) is 0 Å². The van der Waals surface area contributed by atoms with Crippen molar-refractivity contribution >= 4 is 17.5 Å². The first-order chi connectivity index (χ1) is 12.3. The molecule has 2 heterocycles. The maximum absolute atomic E-state index is 14.0. The van der Waals surface area contributed by atoms with Gasteiger partial charge in [-0.2, -0.15) is 5.10 Å². The van der Waals surface area contributed by atoms with Crippen molar-refractivity contribution in [3.63, 3.8) is 0 Å². The number of halogens is 1. The minimum Gasteiger partial charge on any atom is -0.349 e. The molecule has 138 valence electrons. The molecule has 1 aliphatic heterocycles. The number of rotatable bonds is 4. The summed E-state index contributed by atoms with van der Waals surface area (Å²) in [6.07, 6.45) is 0.0812. The first kappa shape index (κ1) is 18.1. The van der Waals surface area contributed by atoms with Gasteiger partial charge in [-0.05, 0) is 32.9 Å². The summed E-state index contributed by atoms with van der Waals surface area (Å²) in [6, 6.07) is 5.90. The van der Waals surface area contributed by atoms with Gasteiger partial charge in [-0.3, -0.25) is 14.3 Å². The van der Waals surface area contributed by atoms with Crippen molar-refractivity contribution in [1.82, 2.24) is 15.1 Å². The molecule has 1 aromatic carbocycles. The van der Waals surface area contributed by atoms with E-state index >= 15 is 0 Å². The quantitative estimate of drug-likeness (QED) is 0.913. The number of para-hydroxylation sites is 1. The molecule has 0 spiro atoms. The van der Waals surface area contributed by atoms with Crippen LogP contribution in [0.4, 0.5) is 10.1 Å². The van der Waals surface area contributed by atoms with Gasteiger partial charge < -0.3 is 10.2 Å². The number of carbonyl (C=O) groups excluding carboxylic acids is 2. The van der Waals surface area contributed by atoms with Gasteiger partial charge in [0, 0.05) is 31.3 Å². The molecule has 6 nitrogen and oxygen atoms in total. The highest BCUT2D eigenvalue weighted by atomic mass is 19.1. The molecular formula is C19H23FN4O2. The largest absolute Gasteiger partial charge is 0.349 e. The summed E-state index contributed by atoms with van der Waals surface area (Å²) in [4.78, 5) is 26.3. The Morgan fingerprint density at radius 3 is 2.65 bits per heavy atom. The van der Waals surface area contributed by atoms with E-state index in [9.17, 15) is 14.0 Å². The minimum absolute atomic E-state index is 0.0812. The Labute approximate surface area is 152 Å². The maximum atomic E-state index is 14.0. The monoisotopic (exact) mass is 358 g/mol. The Morgan fingerprint density at radius 1 is 1.35 bits per heavy atom. The van der Waals surface area contributed by atoms with Gasteiger partial charge in [0.2, 0.25) is 11.8 Å². The van der Waals surface area contributed by atoms with Crippen LogP contribution in [0, 0.1) is 25.6 Å². The molecule has 1 aromatic heterocycles. The summed E-state index contributed by atoms with van der Waals surface area (Å²) in [5.74, 6) is -1.40. The van der Waals surface area contributed by atoms with Gasteiger partial charge in [-0.15, -0.1) is 0 Å². The lowest BCUT2D eigenvalue weighted by atomic mass is 10.0. The standard InChI is InChI=1S/C19H23FN4O2/c1-11(18-12(2)22-23(4)13(18)3)21-19(26)14-9-17(25)24(10-14)16-8-6-5-7-15(16)20/h5-8,11,14H,9-10H2,1-4H3,(H,21,26). The number of aryl methyl sites for hydroxylation is 2. The molecule has 1 aliphatic rings. The summed E-state index contributed by atoms with van der Waals surface area (Å²) >= 11 is 0. The number of carbonyl (C=O) groups is 2. The van der Waals surface area contributed by atoms with Crippen LogP contribution in [0.25, 0.3) is 0 Å². The minimum atomic E-state index is -0.498. The van der Waals surface area contributed by atoms with Crippen LogP contribution in [-0.4, -0.2) is 28.1 Å². The number of hydrogen-bond donors (Lipinski definition) is 1. The maximum Gasteiger partial charge on any atom is 0.227 e. The fraction of sp³-hybridized carbons (Fsp3) is 0.421. The third kappa shape index (κ3) is 3.21. The molecule has 1 fully saturated rings. The summed E-state index contributed by atoms with van der Waals surface area (Å²) in [6.45, 7) is 5.95. The van der Waals surface area contributed by atoms with Crippen molar-refractivity contribution in [3.8, 4) is 0 Å². The van der Waals surface area contributed by atoms with Gasteiger partial charge in [0.15, 0.2) is 0 Å². The van der Waals surface area contributed by atoms with E-state index in [1.165, 1.54) is 11.0 Å². The fourth-order valence-corrected chi connectivity index (χ4v) is 3.61. The lowest BCUT2D eigenvalue weighted by Gasteiger charge is -2.19. The second kappa shape index (κ2) is 6.90. The third-order valence-electron chi connectivity index (χ3n) is 5.00. The number of aromatic nitrogens is 2. The molecule has 2 aromatic rings. The highest BCUT2D eigenvalue weighted by Crippen LogP contribution is 2.28. The van der Waals surface area contributed by atoms with Crippen molar-refractivity contribution < 1.29 is 14.0 Å². The van der Waals surface area contributed by atoms with Crippen molar-refractivity contribution in [2.75, 3.05) is 11.4 Å². The Balaban J connectivity index is 1.71. The Hall–Kier alpha value is -2.70. The Bertz CT molecular complexity index is 861. The summed E-state index contributed by atoms with van der Waals surface area (Å²) in [5.41, 5.74) is 3.06. The Kier molecular flexibility index (Phi) is 4.80. The van der Waals surface area contributed by atoms with E-state index < -0.39 is 11.7 Å². The van der Waals surface area contributed by atoms with Crippen LogP contribution in [-0.2, 0) is 16.6 Å². The van der Waals surface area contributed by atoms with E-state index in [2.05, 4.69) is 10.4 Å². The molecule has 0 bridgehead atoms. The zero-order valence-corrected chi connectivity index (χ0v) is 15.4. The highest BCUT2D eigenvalue weighted by molar-refractivity contribution is 6.00. The predicted octanol–water partition coefficient (Wildman–Crippen LogP) is 2.41. The molecule has 0 radical (unpaired) electrons. The van der Waals surface area contributed by atoms with Crippen LogP contribution in [0.15, 0.2) is 24.3 Å². The zero-order chi connectivity index (χ0) is 19.0. The van der Waals surface area contributed by atoms with Crippen LogP contribution in [0.3, 0.4) is 0 Å². The molecule has 3 rings (SSSR count). The smallest absolute Gasteiger partial charge is 0.227 e. The van der Waals surface area contributed by atoms with Crippen LogP contribution in [0.1, 0.15) is 36.3 Å². The molecule has 1 N–H and O–H groups in total. The number of hydrogen-bond acceptors (Lipinski definition) is 3. The van der Waals surface area contributed by atoms with Crippen LogP contribution in [0.5, 0.6) is 0 Å². The summed E-state index contributed by atoms with van der Waals surface area (Å²) in [5, 5.41) is 7.35. The molecule has 1 saturated heterocycles. The van der Waals surface area contributed by atoms with E-state index in [-0.39, 0.29) is 36.5 Å². The number of benzene rings is 1. The molecule has 26 heavy (non-hydrogen) atoms. The van der Waals surface area contributed by atoms with E-state index in [0.29, 0.717) is 0 Å². The lowest BCUT2D eigenvalue weighted by Crippen LogP contribution is -2.35. The second-order valence-electron chi connectivity index (χ2n) is 6.80. The van der Waals surface area contributed by atoms with Crippen LogP contribution < -0.4 is 10.2 Å². The average Bonchev–Trinajstić information content (AvgIpc) is 3.08. The van der Waals surface area contributed by atoms with E-state index in [1.54, 1.807) is 22.9 Å². The first-order valence-corrected chi connectivity index (χ1v) is 8.65. The van der Waals surface area contributed by atoms with E-state index in [4.69, 9.17) is 0 Å². The molecule has 2 atom stereocenters. The van der Waals surface area contributed by atoms with Gasteiger partial charge in [-0.1, -0.05) is 12.1 Å². The number of anilines is 1. The van der Waals surface area contributed by atoms with Gasteiger partial charge in [0.1, 0.15) is 5.82 Å². The van der Waals surface area contributed by atoms with Crippen molar-refractivity contribution in [2.24, 2.45) is 13.0 Å². The van der Waals surface area contributed by atoms with Gasteiger partial charge >= 0.3 is 0 Å². The summed E-state index contributed by atoms with van der Waals surface area (Å²) < 4.78 is 15.7. The van der Waals surface area contributed by atoms with Gasteiger partial charge in [0.05, 0.1) is 23.3 Å². The predicted molar refractivity (Wildman–Crippen MR) is 96.1 cm³/mol. The molecule has 7 heteroatoms. The second-order valence-corrected chi connectivity index (χ2v) is 6.80. The molecule has 2 amide bonds. The number of amides is 2. The van der Waals surface area contributed by atoms with Crippen molar-refractivity contribution in [2.45, 2.75) is 33.2 Å². The summed E-state index contributed by atoms with van der Waals surface area (Å²) in [7, 11) is 1.86. The van der Waals surface area contributed by atoms with E-state index in [1.807, 2.05) is 27.8 Å². The normalized spacial score (nSPS) is 18.3. The number of nitrogens with zero attached hydrogens (tertiary/aromatic N) is 3. The molecule has 2 unspecified atom stereocenters. The third-order valence-corrected chi connectivity index (χ3v) is 5.00. The van der Waals surface area contributed by atoms with Crippen LogP contribution >= 0.6 is 0 Å². The highest BCUT2D eigenvalue weighted by Gasteiger charge is 2.36.